The van der Waals surface area contributed by atoms with Crippen LogP contribution in [0.2, 0.25) is 0 Å². The van der Waals surface area contributed by atoms with Crippen molar-refractivity contribution in [3.63, 3.8) is 0 Å². The van der Waals surface area contributed by atoms with Gasteiger partial charge in [-0.3, -0.25) is 14.6 Å². The number of carbonyl (C=O) groups is 2. The average molecular weight is 264 g/mol. The number of carbonyl (C=O) groups excluding carboxylic acids is 2. The van der Waals surface area contributed by atoms with Crippen LogP contribution in [0.25, 0.3) is 0 Å². The zero-order valence-corrected chi connectivity index (χ0v) is 11.7. The maximum atomic E-state index is 11.9. The highest BCUT2D eigenvalue weighted by Crippen LogP contribution is 2.11. The van der Waals surface area contributed by atoms with E-state index in [2.05, 4.69) is 20.9 Å². The van der Waals surface area contributed by atoms with E-state index >= 15 is 0 Å². The van der Waals surface area contributed by atoms with Gasteiger partial charge in [0, 0.05) is 30.7 Å². The number of aromatic nitrogens is 1. The van der Waals surface area contributed by atoms with E-state index in [0.717, 1.165) is 0 Å². The first-order valence-corrected chi connectivity index (χ1v) is 6.04. The molecule has 0 aromatic carbocycles. The van der Waals surface area contributed by atoms with Crippen molar-refractivity contribution < 1.29 is 9.59 Å². The van der Waals surface area contributed by atoms with Crippen molar-refractivity contribution in [3.8, 4) is 0 Å². The van der Waals surface area contributed by atoms with E-state index in [4.69, 9.17) is 0 Å². The first kappa shape index (κ1) is 14.9. The fraction of sp³-hybridized carbons (Fsp3) is 0.462. The second kappa shape index (κ2) is 6.17. The molecule has 1 aromatic heterocycles. The van der Waals surface area contributed by atoms with Crippen molar-refractivity contribution in [1.29, 1.82) is 0 Å². The summed E-state index contributed by atoms with van der Waals surface area (Å²) in [5.74, 6) is -0.558. The molecule has 104 valence electrons. The lowest BCUT2D eigenvalue weighted by Crippen LogP contribution is -2.45. The number of hydrogen-bond donors (Lipinski definition) is 3. The van der Waals surface area contributed by atoms with Gasteiger partial charge in [-0.05, 0) is 26.8 Å². The smallest absolute Gasteiger partial charge is 0.255 e. The predicted octanol–water partition coefficient (Wildman–Crippen LogP) is 0.768. The molecule has 19 heavy (non-hydrogen) atoms. The van der Waals surface area contributed by atoms with Crippen molar-refractivity contribution in [3.05, 3.63) is 24.0 Å². The molecule has 0 saturated heterocycles. The van der Waals surface area contributed by atoms with Crippen LogP contribution in [0.3, 0.4) is 0 Å². The van der Waals surface area contributed by atoms with Gasteiger partial charge >= 0.3 is 0 Å². The SMILES string of the molecule is CNc1ccncc1C(=O)NCC(=O)NC(C)(C)C. The molecule has 1 heterocycles. The fourth-order valence-electron chi connectivity index (χ4n) is 1.51. The van der Waals surface area contributed by atoms with Crippen molar-refractivity contribution in [2.75, 3.05) is 18.9 Å². The molecule has 0 atom stereocenters. The molecule has 0 aliphatic heterocycles. The Morgan fingerprint density at radius 2 is 2.00 bits per heavy atom. The predicted molar refractivity (Wildman–Crippen MR) is 74.0 cm³/mol. The molecule has 0 saturated carbocycles. The highest BCUT2D eigenvalue weighted by Gasteiger charge is 2.15. The lowest BCUT2D eigenvalue weighted by molar-refractivity contribution is -0.121. The summed E-state index contributed by atoms with van der Waals surface area (Å²) in [6.07, 6.45) is 3.05. The summed E-state index contributed by atoms with van der Waals surface area (Å²) in [4.78, 5) is 27.4. The lowest BCUT2D eigenvalue weighted by Gasteiger charge is -2.20. The summed E-state index contributed by atoms with van der Waals surface area (Å²) in [7, 11) is 1.72. The molecule has 0 fully saturated rings. The van der Waals surface area contributed by atoms with E-state index in [-0.39, 0.29) is 23.9 Å². The van der Waals surface area contributed by atoms with Crippen molar-refractivity contribution in [2.24, 2.45) is 0 Å². The van der Waals surface area contributed by atoms with E-state index in [9.17, 15) is 9.59 Å². The van der Waals surface area contributed by atoms with Crippen molar-refractivity contribution in [1.82, 2.24) is 15.6 Å². The Morgan fingerprint density at radius 3 is 2.58 bits per heavy atom. The van der Waals surface area contributed by atoms with Gasteiger partial charge in [0.25, 0.3) is 5.91 Å². The Morgan fingerprint density at radius 1 is 1.32 bits per heavy atom. The summed E-state index contributed by atoms with van der Waals surface area (Å²) in [6, 6.07) is 1.70. The van der Waals surface area contributed by atoms with Crippen LogP contribution in [0.1, 0.15) is 31.1 Å². The maximum absolute atomic E-state index is 11.9. The summed E-state index contributed by atoms with van der Waals surface area (Å²) in [5.41, 5.74) is 0.768. The Hall–Kier alpha value is -2.11. The first-order chi connectivity index (χ1) is 8.83. The Balaban J connectivity index is 2.59. The highest BCUT2D eigenvalue weighted by atomic mass is 16.2. The standard InChI is InChI=1S/C13H20N4O2/c1-13(2,3)17-11(18)8-16-12(19)9-7-15-6-5-10(9)14-4/h5-7H,8H2,1-4H3,(H,14,15)(H,16,19)(H,17,18). The number of hydrogen-bond acceptors (Lipinski definition) is 4. The van der Waals surface area contributed by atoms with Crippen LogP contribution in [0.5, 0.6) is 0 Å². The first-order valence-electron chi connectivity index (χ1n) is 6.04. The van der Waals surface area contributed by atoms with Gasteiger partial charge in [0.15, 0.2) is 0 Å². The lowest BCUT2D eigenvalue weighted by atomic mass is 10.1. The van der Waals surface area contributed by atoms with Crippen LogP contribution < -0.4 is 16.0 Å². The second-order valence-electron chi connectivity index (χ2n) is 5.15. The Labute approximate surface area is 113 Å². The third-order valence-electron chi connectivity index (χ3n) is 2.26. The van der Waals surface area contributed by atoms with E-state index in [1.807, 2.05) is 20.8 Å². The van der Waals surface area contributed by atoms with E-state index < -0.39 is 0 Å². The van der Waals surface area contributed by atoms with E-state index in [1.54, 1.807) is 19.3 Å². The molecule has 0 aliphatic rings. The molecule has 1 rings (SSSR count). The quantitative estimate of drug-likeness (QED) is 0.750. The Kier molecular flexibility index (Phi) is 4.86. The number of pyridine rings is 1. The zero-order chi connectivity index (χ0) is 14.5. The van der Waals surface area contributed by atoms with E-state index in [1.165, 1.54) is 6.20 Å². The Bertz CT molecular complexity index is 466. The minimum atomic E-state index is -0.332. The molecule has 3 N–H and O–H groups in total. The summed E-state index contributed by atoms with van der Waals surface area (Å²) >= 11 is 0. The van der Waals surface area contributed by atoms with Crippen molar-refractivity contribution >= 4 is 17.5 Å². The molecular formula is C13H20N4O2. The third kappa shape index (κ3) is 4.95. The summed E-state index contributed by atoms with van der Waals surface area (Å²) < 4.78 is 0. The van der Waals surface area contributed by atoms with Gasteiger partial charge in [-0.2, -0.15) is 0 Å². The molecule has 0 aliphatic carbocycles. The van der Waals surface area contributed by atoms with E-state index in [0.29, 0.717) is 11.3 Å². The van der Waals surface area contributed by atoms with Crippen LogP contribution in [-0.2, 0) is 4.79 Å². The van der Waals surface area contributed by atoms with Gasteiger partial charge in [0.05, 0.1) is 12.1 Å². The molecular weight excluding hydrogens is 244 g/mol. The normalized spacial score (nSPS) is 10.7. The third-order valence-corrected chi connectivity index (χ3v) is 2.26. The number of rotatable bonds is 4. The number of nitrogens with zero attached hydrogens (tertiary/aromatic N) is 1. The largest absolute Gasteiger partial charge is 0.387 e. The monoisotopic (exact) mass is 264 g/mol. The minimum absolute atomic E-state index is 0.0614. The van der Waals surface area contributed by atoms with Crippen LogP contribution in [-0.4, -0.2) is 35.9 Å². The van der Waals surface area contributed by atoms with Crippen LogP contribution in [0.15, 0.2) is 18.5 Å². The van der Waals surface area contributed by atoms with Gasteiger partial charge in [-0.1, -0.05) is 0 Å². The van der Waals surface area contributed by atoms with Gasteiger partial charge in [0.2, 0.25) is 5.91 Å². The number of amides is 2. The topological polar surface area (TPSA) is 83.1 Å². The second-order valence-corrected chi connectivity index (χ2v) is 5.15. The molecule has 6 heteroatoms. The van der Waals surface area contributed by atoms with Gasteiger partial charge in [0.1, 0.15) is 0 Å². The van der Waals surface area contributed by atoms with Gasteiger partial charge in [-0.15, -0.1) is 0 Å². The van der Waals surface area contributed by atoms with Crippen LogP contribution in [0, 0.1) is 0 Å². The molecule has 1 aromatic rings. The average Bonchev–Trinajstić information content (AvgIpc) is 2.33. The molecule has 2 amide bonds. The summed E-state index contributed by atoms with van der Waals surface area (Å²) in [6.45, 7) is 5.58. The van der Waals surface area contributed by atoms with Gasteiger partial charge in [-0.25, -0.2) is 0 Å². The fourth-order valence-corrected chi connectivity index (χ4v) is 1.51. The molecule has 0 spiro atoms. The molecule has 0 bridgehead atoms. The molecule has 6 nitrogen and oxygen atoms in total. The zero-order valence-electron chi connectivity index (χ0n) is 11.7. The minimum Gasteiger partial charge on any atom is -0.387 e. The van der Waals surface area contributed by atoms with Gasteiger partial charge < -0.3 is 16.0 Å². The number of anilines is 1. The van der Waals surface area contributed by atoms with Crippen molar-refractivity contribution in [2.45, 2.75) is 26.3 Å². The molecule has 0 unspecified atom stereocenters. The molecule has 0 radical (unpaired) electrons. The number of nitrogens with one attached hydrogen (secondary N) is 3. The highest BCUT2D eigenvalue weighted by molar-refractivity contribution is 6.00. The summed E-state index contributed by atoms with van der Waals surface area (Å²) in [5, 5.41) is 8.24. The van der Waals surface area contributed by atoms with Crippen LogP contribution in [0.4, 0.5) is 5.69 Å². The maximum Gasteiger partial charge on any atom is 0.255 e. The van der Waals surface area contributed by atoms with Crippen LogP contribution >= 0.6 is 0 Å².